The van der Waals surface area contributed by atoms with Gasteiger partial charge in [0, 0.05) is 34.7 Å². The third-order valence-corrected chi connectivity index (χ3v) is 3.02. The largest absolute Gasteiger partial charge is 0.298 e. The maximum atomic E-state index is 12.1. The average molecular weight is 347 g/mol. The molecule has 0 atom stereocenters. The van der Waals surface area contributed by atoms with E-state index >= 15 is 0 Å². The molecule has 0 aliphatic heterocycles. The fraction of sp³-hybridized carbons (Fsp3) is 0.800. The topological polar surface area (TPSA) is 17.1 Å². The first-order valence-corrected chi connectivity index (χ1v) is 4.97. The Labute approximate surface area is 126 Å². The van der Waals surface area contributed by atoms with Crippen LogP contribution in [-0.2, 0) is 4.79 Å². The second-order valence-corrected chi connectivity index (χ2v) is 5.52. The number of Topliss-reactive ketones (excluding diaryl/α,β-unsaturated/α-hetero) is 1. The standard InChI is InChI=1S/C12H20O.3CH4.Sn/c1-9-6-7-11(2,3)10(13)12(4,5)8-9;;;;/h1,6-8H2,2-5H3;3*1H4;. The van der Waals surface area contributed by atoms with Crippen molar-refractivity contribution in [2.24, 2.45) is 10.8 Å². The van der Waals surface area contributed by atoms with Gasteiger partial charge in [-0.2, -0.15) is 0 Å². The van der Waals surface area contributed by atoms with Gasteiger partial charge in [-0.05, 0) is 19.3 Å². The Morgan fingerprint density at radius 3 is 1.82 bits per heavy atom. The molecule has 1 nitrogen and oxygen atoms in total. The van der Waals surface area contributed by atoms with E-state index in [4.69, 9.17) is 0 Å². The van der Waals surface area contributed by atoms with Crippen LogP contribution in [0.25, 0.3) is 0 Å². The third kappa shape index (κ3) is 6.08. The van der Waals surface area contributed by atoms with Crippen molar-refractivity contribution in [1.29, 1.82) is 0 Å². The molecule has 0 aromatic rings. The molecule has 1 aliphatic carbocycles. The fourth-order valence-corrected chi connectivity index (χ4v) is 2.31. The second-order valence-electron chi connectivity index (χ2n) is 5.52. The van der Waals surface area contributed by atoms with Gasteiger partial charge in [-0.15, -0.1) is 0 Å². The quantitative estimate of drug-likeness (QED) is 0.347. The molecular formula is C15H32OSn. The number of ketones is 1. The molecule has 102 valence electrons. The van der Waals surface area contributed by atoms with Crippen LogP contribution >= 0.6 is 0 Å². The minimum absolute atomic E-state index is 0. The Bertz CT molecular complexity index is 252. The van der Waals surface area contributed by atoms with Gasteiger partial charge in [0.1, 0.15) is 5.78 Å². The zero-order valence-corrected chi connectivity index (χ0v) is 12.6. The van der Waals surface area contributed by atoms with Gasteiger partial charge < -0.3 is 0 Å². The summed E-state index contributed by atoms with van der Waals surface area (Å²) in [6.45, 7) is 12.2. The van der Waals surface area contributed by atoms with Crippen LogP contribution < -0.4 is 0 Å². The van der Waals surface area contributed by atoms with Crippen molar-refractivity contribution in [1.82, 2.24) is 0 Å². The molecule has 4 radical (unpaired) electrons. The first-order valence-electron chi connectivity index (χ1n) is 4.97. The number of hydrogen-bond donors (Lipinski definition) is 0. The molecule has 1 saturated carbocycles. The summed E-state index contributed by atoms with van der Waals surface area (Å²) in [4.78, 5) is 12.1. The number of rotatable bonds is 0. The van der Waals surface area contributed by atoms with Gasteiger partial charge in [0.25, 0.3) is 0 Å². The van der Waals surface area contributed by atoms with Crippen LogP contribution in [-0.4, -0.2) is 29.7 Å². The molecule has 0 bridgehead atoms. The Morgan fingerprint density at radius 2 is 1.41 bits per heavy atom. The van der Waals surface area contributed by atoms with Crippen LogP contribution in [0.3, 0.4) is 0 Å². The second kappa shape index (κ2) is 8.33. The van der Waals surface area contributed by atoms with Crippen molar-refractivity contribution < 1.29 is 4.79 Å². The van der Waals surface area contributed by atoms with E-state index in [1.807, 2.05) is 13.8 Å². The van der Waals surface area contributed by atoms with Crippen molar-refractivity contribution in [2.75, 3.05) is 0 Å². The summed E-state index contributed by atoms with van der Waals surface area (Å²) in [6, 6.07) is 0. The number of carbonyl (C=O) groups excluding carboxylic acids is 1. The molecule has 0 aromatic heterocycles. The van der Waals surface area contributed by atoms with Crippen LogP contribution in [0, 0.1) is 10.8 Å². The van der Waals surface area contributed by atoms with E-state index in [-0.39, 0.29) is 57.0 Å². The number of carbonyl (C=O) groups is 1. The Morgan fingerprint density at radius 1 is 1.00 bits per heavy atom. The van der Waals surface area contributed by atoms with Crippen molar-refractivity contribution in [3.8, 4) is 0 Å². The molecule has 1 fully saturated rings. The molecule has 17 heavy (non-hydrogen) atoms. The summed E-state index contributed by atoms with van der Waals surface area (Å²) < 4.78 is 0. The Balaban J connectivity index is -0.000000211. The predicted octanol–water partition coefficient (Wildman–Crippen LogP) is 4.88. The van der Waals surface area contributed by atoms with Gasteiger partial charge in [-0.3, -0.25) is 4.79 Å². The fourth-order valence-electron chi connectivity index (χ4n) is 2.31. The molecule has 0 heterocycles. The zero-order chi connectivity index (χ0) is 10.3. The van der Waals surface area contributed by atoms with Crippen molar-refractivity contribution >= 4 is 29.7 Å². The molecule has 0 spiro atoms. The van der Waals surface area contributed by atoms with Crippen LogP contribution in [0.2, 0.25) is 0 Å². The van der Waals surface area contributed by atoms with E-state index in [2.05, 4.69) is 20.4 Å². The monoisotopic (exact) mass is 348 g/mol. The molecular weight excluding hydrogens is 315 g/mol. The summed E-state index contributed by atoms with van der Waals surface area (Å²) in [5, 5.41) is 0. The van der Waals surface area contributed by atoms with E-state index < -0.39 is 0 Å². The van der Waals surface area contributed by atoms with E-state index in [0.717, 1.165) is 19.3 Å². The van der Waals surface area contributed by atoms with Crippen LogP contribution in [0.15, 0.2) is 12.2 Å². The van der Waals surface area contributed by atoms with E-state index in [0.29, 0.717) is 5.78 Å². The average Bonchev–Trinajstić information content (AvgIpc) is 2.03. The molecule has 0 amide bonds. The van der Waals surface area contributed by atoms with Crippen molar-refractivity contribution in [2.45, 2.75) is 69.2 Å². The van der Waals surface area contributed by atoms with Crippen LogP contribution in [0.5, 0.6) is 0 Å². The van der Waals surface area contributed by atoms with E-state index in [1.54, 1.807) is 0 Å². The smallest absolute Gasteiger partial charge is 0.144 e. The van der Waals surface area contributed by atoms with Crippen molar-refractivity contribution in [3.63, 3.8) is 0 Å². The predicted molar refractivity (Wildman–Crippen MR) is 81.5 cm³/mol. The maximum absolute atomic E-state index is 12.1. The van der Waals surface area contributed by atoms with Crippen molar-refractivity contribution in [3.05, 3.63) is 12.2 Å². The molecule has 1 rings (SSSR count). The number of hydrogen-bond acceptors (Lipinski definition) is 1. The normalized spacial score (nSPS) is 20.7. The SMILES string of the molecule is C.C.C.C=C1CCC(C)(C)C(=O)C(C)(C)C1.[Sn]. The molecule has 1 aliphatic rings. The van der Waals surface area contributed by atoms with E-state index in [9.17, 15) is 4.79 Å². The van der Waals surface area contributed by atoms with Gasteiger partial charge in [-0.25, -0.2) is 0 Å². The van der Waals surface area contributed by atoms with Crippen LogP contribution in [0.1, 0.15) is 69.2 Å². The van der Waals surface area contributed by atoms with Gasteiger partial charge in [0.05, 0.1) is 0 Å². The molecule has 0 aromatic carbocycles. The molecule has 0 unspecified atom stereocenters. The van der Waals surface area contributed by atoms with Gasteiger partial charge >= 0.3 is 0 Å². The molecule has 0 saturated heterocycles. The minimum Gasteiger partial charge on any atom is -0.298 e. The Kier molecular flexibility index (Phi) is 12.7. The third-order valence-electron chi connectivity index (χ3n) is 3.02. The maximum Gasteiger partial charge on any atom is 0.144 e. The first kappa shape index (κ1) is 25.9. The summed E-state index contributed by atoms with van der Waals surface area (Å²) in [5.74, 6) is 0.388. The van der Waals surface area contributed by atoms with Gasteiger partial charge in [-0.1, -0.05) is 62.1 Å². The molecule has 0 N–H and O–H groups in total. The molecule has 2 heteroatoms. The summed E-state index contributed by atoms with van der Waals surface area (Å²) in [5.41, 5.74) is 0.851. The summed E-state index contributed by atoms with van der Waals surface area (Å²) >= 11 is 0. The van der Waals surface area contributed by atoms with Crippen LogP contribution in [0.4, 0.5) is 0 Å². The summed E-state index contributed by atoms with van der Waals surface area (Å²) in [7, 11) is 0. The van der Waals surface area contributed by atoms with E-state index in [1.165, 1.54) is 5.57 Å². The zero-order valence-electron chi connectivity index (χ0n) is 9.74. The summed E-state index contributed by atoms with van der Waals surface area (Å²) in [6.07, 6.45) is 2.81. The number of allylic oxidation sites excluding steroid dienone is 1. The first-order chi connectivity index (χ1) is 5.76. The Hall–Kier alpha value is 0.209. The van der Waals surface area contributed by atoms with Gasteiger partial charge in [0.15, 0.2) is 0 Å². The minimum atomic E-state index is -0.211. The van der Waals surface area contributed by atoms with Gasteiger partial charge in [0.2, 0.25) is 0 Å².